The summed E-state index contributed by atoms with van der Waals surface area (Å²) in [5, 5.41) is 8.12. The van der Waals surface area contributed by atoms with Crippen molar-refractivity contribution in [2.24, 2.45) is 0 Å². The zero-order valence-corrected chi connectivity index (χ0v) is 17.4. The van der Waals surface area contributed by atoms with Crippen molar-refractivity contribution in [2.75, 3.05) is 10.6 Å². The Morgan fingerprint density at radius 3 is 2.27 bits per heavy atom. The van der Waals surface area contributed by atoms with Crippen LogP contribution in [0.15, 0.2) is 95.9 Å². The molecule has 162 valence electrons. The van der Waals surface area contributed by atoms with E-state index >= 15 is 0 Å². The number of amides is 1. The molecule has 0 bridgehead atoms. The highest BCUT2D eigenvalue weighted by molar-refractivity contribution is 6.10. The zero-order valence-electron chi connectivity index (χ0n) is 17.4. The molecule has 1 amide bonds. The number of carbonyl (C=O) groups is 1. The lowest BCUT2D eigenvalue weighted by atomic mass is 10.1. The van der Waals surface area contributed by atoms with Crippen LogP contribution >= 0.6 is 0 Å². The number of carbonyl (C=O) groups excluding carboxylic acids is 1. The van der Waals surface area contributed by atoms with Gasteiger partial charge in [-0.25, -0.2) is 9.37 Å². The van der Waals surface area contributed by atoms with E-state index in [1.54, 1.807) is 66.9 Å². The number of fused-ring (bicyclic) bond motifs is 3. The molecule has 1 unspecified atom stereocenters. The summed E-state index contributed by atoms with van der Waals surface area (Å²) in [6, 6.07) is 24.5. The normalized spacial score (nSPS) is 11.9. The summed E-state index contributed by atoms with van der Waals surface area (Å²) in [6.45, 7) is 0. The number of anilines is 3. The Balaban J connectivity index is 1.39. The second-order valence-electron chi connectivity index (χ2n) is 7.55. The highest BCUT2D eigenvalue weighted by atomic mass is 19.1. The summed E-state index contributed by atoms with van der Waals surface area (Å²) >= 11 is 0. The summed E-state index contributed by atoms with van der Waals surface area (Å²) in [6.07, 6.45) is -0.128. The largest absolute Gasteiger partial charge is 0.355 e. The fraction of sp³-hybridized carbons (Fsp3) is 0.0385. The molecular weight excluding hydrogens is 419 g/mol. The molecule has 3 aromatic carbocycles. The maximum Gasteiger partial charge on any atom is 0.263 e. The molecule has 0 aliphatic carbocycles. The van der Waals surface area contributed by atoms with E-state index in [0.717, 1.165) is 22.1 Å². The number of benzene rings is 3. The van der Waals surface area contributed by atoms with Gasteiger partial charge in [-0.2, -0.15) is 0 Å². The summed E-state index contributed by atoms with van der Waals surface area (Å²) < 4.78 is 14.4. The first-order valence-electron chi connectivity index (χ1n) is 10.4. The van der Waals surface area contributed by atoms with E-state index in [4.69, 9.17) is 0 Å². The molecule has 2 heterocycles. The van der Waals surface area contributed by atoms with Crippen LogP contribution in [0.4, 0.5) is 21.5 Å². The van der Waals surface area contributed by atoms with E-state index in [2.05, 4.69) is 20.6 Å². The number of halogens is 1. The van der Waals surface area contributed by atoms with E-state index in [1.807, 2.05) is 24.3 Å². The van der Waals surface area contributed by atoms with E-state index in [-0.39, 0.29) is 5.56 Å². The van der Waals surface area contributed by atoms with Crippen LogP contribution in [0.3, 0.4) is 0 Å². The lowest BCUT2D eigenvalue weighted by molar-refractivity contribution is -0.121. The Labute approximate surface area is 188 Å². The maximum atomic E-state index is 14.4. The summed E-state index contributed by atoms with van der Waals surface area (Å²) in [5.74, 6) is -0.725. The van der Waals surface area contributed by atoms with Gasteiger partial charge in [-0.15, -0.1) is 0 Å². The van der Waals surface area contributed by atoms with E-state index < -0.39 is 12.1 Å². The van der Waals surface area contributed by atoms with Gasteiger partial charge in [-0.3, -0.25) is 9.59 Å². The van der Waals surface area contributed by atoms with Crippen molar-refractivity contribution in [3.8, 4) is 0 Å². The fourth-order valence-electron chi connectivity index (χ4n) is 3.78. The number of pyridine rings is 2. The van der Waals surface area contributed by atoms with Crippen LogP contribution in [0.2, 0.25) is 0 Å². The van der Waals surface area contributed by atoms with Crippen LogP contribution in [-0.4, -0.2) is 15.9 Å². The lowest BCUT2D eigenvalue weighted by Crippen LogP contribution is -2.17. The van der Waals surface area contributed by atoms with Gasteiger partial charge >= 0.3 is 0 Å². The van der Waals surface area contributed by atoms with Gasteiger partial charge in [-0.05, 0) is 42.0 Å². The van der Waals surface area contributed by atoms with Crippen LogP contribution in [0.5, 0.6) is 0 Å². The van der Waals surface area contributed by atoms with Gasteiger partial charge < -0.3 is 15.6 Å². The highest BCUT2D eigenvalue weighted by Crippen LogP contribution is 2.30. The third-order valence-electron chi connectivity index (χ3n) is 5.38. The zero-order chi connectivity index (χ0) is 22.8. The van der Waals surface area contributed by atoms with Gasteiger partial charge in [-0.1, -0.05) is 48.5 Å². The van der Waals surface area contributed by atoms with Crippen molar-refractivity contribution in [3.63, 3.8) is 0 Å². The van der Waals surface area contributed by atoms with Crippen molar-refractivity contribution in [3.05, 3.63) is 107 Å². The number of aromatic nitrogens is 2. The topological polar surface area (TPSA) is 86.9 Å². The molecule has 0 aliphatic heterocycles. The second-order valence-corrected chi connectivity index (χ2v) is 7.55. The van der Waals surface area contributed by atoms with Crippen LogP contribution in [-0.2, 0) is 4.79 Å². The van der Waals surface area contributed by atoms with Crippen LogP contribution < -0.4 is 16.2 Å². The van der Waals surface area contributed by atoms with Crippen molar-refractivity contribution in [2.45, 2.75) is 6.17 Å². The van der Waals surface area contributed by atoms with E-state index in [9.17, 15) is 14.0 Å². The smallest absolute Gasteiger partial charge is 0.263 e. The van der Waals surface area contributed by atoms with Gasteiger partial charge in [0.05, 0.1) is 5.69 Å². The molecular formula is C26H19FN4O2. The van der Waals surface area contributed by atoms with Crippen molar-refractivity contribution in [1.82, 2.24) is 9.97 Å². The Bertz CT molecular complexity index is 1520. The minimum atomic E-state index is -1.75. The molecule has 3 N–H and O–H groups in total. The molecule has 7 heteroatoms. The number of alkyl halides is 1. The first-order chi connectivity index (χ1) is 16.1. The first-order valence-corrected chi connectivity index (χ1v) is 10.4. The number of H-pyrrole nitrogens is 1. The average Bonchev–Trinajstić information content (AvgIpc) is 2.85. The lowest BCUT2D eigenvalue weighted by Gasteiger charge is -2.13. The third kappa shape index (κ3) is 4.04. The minimum absolute atomic E-state index is 0.190. The Kier molecular flexibility index (Phi) is 5.28. The van der Waals surface area contributed by atoms with Crippen LogP contribution in [0.25, 0.3) is 21.8 Å². The predicted octanol–water partition coefficient (Wildman–Crippen LogP) is 5.47. The monoisotopic (exact) mass is 438 g/mol. The molecule has 33 heavy (non-hydrogen) atoms. The molecule has 0 radical (unpaired) electrons. The Hall–Kier alpha value is -4.52. The summed E-state index contributed by atoms with van der Waals surface area (Å²) in [4.78, 5) is 31.7. The Morgan fingerprint density at radius 1 is 0.848 bits per heavy atom. The Morgan fingerprint density at radius 2 is 1.52 bits per heavy atom. The number of nitrogens with zero attached hydrogens (tertiary/aromatic N) is 1. The van der Waals surface area contributed by atoms with Gasteiger partial charge in [0.2, 0.25) is 6.17 Å². The molecule has 1 atom stereocenters. The standard InChI is InChI=1S/C26H19FN4O2/c27-23(16-6-2-1-3-7-16)26(33)30-18-12-10-17(11-13-18)29-21-14-15-28-24-22(21)19-8-4-5-9-20(19)25(32)31-24/h1-15,23H,(H,30,33)(H2,28,29,31,32). The fourth-order valence-corrected chi connectivity index (χ4v) is 3.78. The van der Waals surface area contributed by atoms with Crippen molar-refractivity contribution >= 4 is 44.8 Å². The molecule has 5 aromatic rings. The van der Waals surface area contributed by atoms with Gasteiger partial charge in [0.1, 0.15) is 5.65 Å². The maximum absolute atomic E-state index is 14.4. The average molecular weight is 438 g/mol. The predicted molar refractivity (Wildman–Crippen MR) is 129 cm³/mol. The quantitative estimate of drug-likeness (QED) is 0.318. The molecule has 2 aromatic heterocycles. The number of nitrogens with one attached hydrogen (secondary N) is 3. The number of hydrogen-bond acceptors (Lipinski definition) is 4. The molecule has 0 saturated heterocycles. The van der Waals surface area contributed by atoms with Crippen molar-refractivity contribution in [1.29, 1.82) is 0 Å². The third-order valence-corrected chi connectivity index (χ3v) is 5.38. The first kappa shape index (κ1) is 20.4. The van der Waals surface area contributed by atoms with Crippen molar-refractivity contribution < 1.29 is 9.18 Å². The van der Waals surface area contributed by atoms with Crippen LogP contribution in [0, 0.1) is 0 Å². The summed E-state index contributed by atoms with van der Waals surface area (Å²) in [7, 11) is 0. The van der Waals surface area contributed by atoms with Gasteiger partial charge in [0, 0.05) is 33.7 Å². The highest BCUT2D eigenvalue weighted by Gasteiger charge is 2.19. The van der Waals surface area contributed by atoms with Gasteiger partial charge in [0.25, 0.3) is 11.5 Å². The van der Waals surface area contributed by atoms with Gasteiger partial charge in [0.15, 0.2) is 0 Å². The molecule has 0 fully saturated rings. The summed E-state index contributed by atoms with van der Waals surface area (Å²) in [5.41, 5.74) is 2.63. The molecule has 0 saturated carbocycles. The van der Waals surface area contributed by atoms with E-state index in [0.29, 0.717) is 22.3 Å². The second kappa shape index (κ2) is 8.55. The number of rotatable bonds is 5. The van der Waals surface area contributed by atoms with E-state index in [1.165, 1.54) is 0 Å². The molecule has 6 nitrogen and oxygen atoms in total. The molecule has 5 rings (SSSR count). The number of aromatic amines is 1. The molecule has 0 spiro atoms. The molecule has 0 aliphatic rings. The minimum Gasteiger partial charge on any atom is -0.355 e. The SMILES string of the molecule is O=C(Nc1ccc(Nc2ccnc3[nH]c(=O)c4ccccc4c23)cc1)C(F)c1ccccc1. The number of hydrogen-bond donors (Lipinski definition) is 3. The van der Waals surface area contributed by atoms with Crippen LogP contribution in [0.1, 0.15) is 11.7 Å².